The summed E-state index contributed by atoms with van der Waals surface area (Å²) < 4.78 is 7.80. The molecule has 0 bridgehead atoms. The molecule has 6 rings (SSSR count). The molecule has 36 heavy (non-hydrogen) atoms. The summed E-state index contributed by atoms with van der Waals surface area (Å²) in [6, 6.07) is 10.7. The first-order valence-electron chi connectivity index (χ1n) is 12.6. The molecule has 1 aliphatic carbocycles. The minimum absolute atomic E-state index is 0.278. The zero-order valence-corrected chi connectivity index (χ0v) is 20.5. The van der Waals surface area contributed by atoms with Crippen LogP contribution < -0.4 is 10.5 Å². The van der Waals surface area contributed by atoms with E-state index in [9.17, 15) is 0 Å². The highest BCUT2D eigenvalue weighted by atomic mass is 16.5. The highest BCUT2D eigenvalue weighted by Gasteiger charge is 2.30. The van der Waals surface area contributed by atoms with Crippen LogP contribution in [0.5, 0.6) is 11.8 Å². The molecule has 10 heteroatoms. The van der Waals surface area contributed by atoms with E-state index in [2.05, 4.69) is 41.5 Å². The van der Waals surface area contributed by atoms with Crippen molar-refractivity contribution >= 4 is 16.9 Å². The lowest BCUT2D eigenvalue weighted by Gasteiger charge is -2.41. The van der Waals surface area contributed by atoms with E-state index in [4.69, 9.17) is 15.6 Å². The molecule has 2 N–H and O–H groups in total. The molecule has 4 heterocycles. The Labute approximate surface area is 210 Å². The van der Waals surface area contributed by atoms with Crippen molar-refractivity contribution in [3.05, 3.63) is 49.1 Å². The maximum atomic E-state index is 6.32. The molecule has 1 saturated carbocycles. The predicted octanol–water partition coefficient (Wildman–Crippen LogP) is 3.39. The molecule has 1 aliphatic heterocycles. The average molecular weight is 486 g/mol. The molecular formula is C26H31N9O. The third-order valence-corrected chi connectivity index (χ3v) is 7.44. The molecule has 2 aliphatic rings. The van der Waals surface area contributed by atoms with Gasteiger partial charge in [0.15, 0.2) is 5.65 Å². The van der Waals surface area contributed by atoms with Gasteiger partial charge in [-0.05, 0) is 44.9 Å². The molecule has 0 atom stereocenters. The summed E-state index contributed by atoms with van der Waals surface area (Å²) in [7, 11) is 2.21. The van der Waals surface area contributed by atoms with Gasteiger partial charge in [0.2, 0.25) is 0 Å². The molecule has 4 aromatic rings. The number of para-hydroxylation sites is 1. The van der Waals surface area contributed by atoms with E-state index < -0.39 is 0 Å². The molecule has 186 valence electrons. The van der Waals surface area contributed by atoms with Crippen LogP contribution in [0.4, 0.5) is 5.82 Å². The number of nitrogen functional groups attached to an aromatic ring is 1. The Morgan fingerprint density at radius 3 is 2.28 bits per heavy atom. The van der Waals surface area contributed by atoms with Gasteiger partial charge in [0.25, 0.3) is 0 Å². The molecular weight excluding hydrogens is 454 g/mol. The Morgan fingerprint density at radius 1 is 0.861 bits per heavy atom. The topological polar surface area (TPSA) is 111 Å². The third kappa shape index (κ3) is 4.49. The lowest BCUT2D eigenvalue weighted by atomic mass is 9.90. The fourth-order valence-corrected chi connectivity index (χ4v) is 5.39. The van der Waals surface area contributed by atoms with Gasteiger partial charge in [0.1, 0.15) is 23.6 Å². The van der Waals surface area contributed by atoms with Crippen molar-refractivity contribution in [2.24, 2.45) is 0 Å². The zero-order valence-electron chi connectivity index (χ0n) is 20.5. The van der Waals surface area contributed by atoms with E-state index >= 15 is 0 Å². The zero-order chi connectivity index (χ0) is 24.5. The number of nitrogens with zero attached hydrogens (tertiary/aromatic N) is 8. The van der Waals surface area contributed by atoms with Crippen LogP contribution in [0.15, 0.2) is 49.1 Å². The fraction of sp³-hybridized carbons (Fsp3) is 0.423. The first-order chi connectivity index (χ1) is 17.7. The average Bonchev–Trinajstić information content (AvgIpc) is 3.31. The van der Waals surface area contributed by atoms with Gasteiger partial charge in [0, 0.05) is 50.2 Å². The molecule has 3 aromatic heterocycles. The van der Waals surface area contributed by atoms with Gasteiger partial charge in [0.05, 0.1) is 11.4 Å². The maximum absolute atomic E-state index is 6.32. The highest BCUT2D eigenvalue weighted by molar-refractivity contribution is 5.98. The predicted molar refractivity (Wildman–Crippen MR) is 138 cm³/mol. The summed E-state index contributed by atoms with van der Waals surface area (Å²) in [5.74, 6) is 1.10. The summed E-state index contributed by atoms with van der Waals surface area (Å²) in [5, 5.41) is 5.75. The summed E-state index contributed by atoms with van der Waals surface area (Å²) in [6.07, 6.45) is 9.42. The van der Waals surface area contributed by atoms with Crippen LogP contribution in [-0.4, -0.2) is 78.8 Å². The van der Waals surface area contributed by atoms with Crippen LogP contribution >= 0.6 is 0 Å². The van der Waals surface area contributed by atoms with Gasteiger partial charge in [-0.3, -0.25) is 4.90 Å². The Bertz CT molecular complexity index is 1310. The van der Waals surface area contributed by atoms with Gasteiger partial charge in [-0.1, -0.05) is 18.2 Å². The van der Waals surface area contributed by atoms with Crippen molar-refractivity contribution in [1.82, 2.24) is 39.5 Å². The summed E-state index contributed by atoms with van der Waals surface area (Å²) in [6.45, 7) is 4.63. The van der Waals surface area contributed by atoms with Crippen molar-refractivity contribution in [2.75, 3.05) is 39.0 Å². The van der Waals surface area contributed by atoms with Gasteiger partial charge < -0.3 is 15.4 Å². The molecule has 1 saturated heterocycles. The standard InChI is InChI=1S/C26H31N9O/c1-33-11-13-34(14-12-33)19-7-9-20(10-8-19)35-25-22(24(27)30-17-31-25)23(32-35)18-15-28-26(29-16-18)36-21-5-3-2-4-6-21/h2-6,15-17,19-20H,7-14H2,1H3,(H2,27,30,31). The Kier molecular flexibility index (Phi) is 6.20. The number of anilines is 1. The Balaban J connectivity index is 1.24. The van der Waals surface area contributed by atoms with Crippen molar-refractivity contribution in [3.63, 3.8) is 0 Å². The van der Waals surface area contributed by atoms with E-state index in [0.717, 1.165) is 55.6 Å². The lowest BCUT2D eigenvalue weighted by Crippen LogP contribution is -2.49. The Morgan fingerprint density at radius 2 is 1.56 bits per heavy atom. The van der Waals surface area contributed by atoms with E-state index in [1.54, 1.807) is 12.4 Å². The van der Waals surface area contributed by atoms with E-state index in [1.807, 2.05) is 30.3 Å². The number of likely N-dealkylation sites (N-methyl/N-ethyl adjacent to an activating group) is 1. The smallest absolute Gasteiger partial charge is 0.321 e. The van der Waals surface area contributed by atoms with Crippen LogP contribution in [0, 0.1) is 0 Å². The van der Waals surface area contributed by atoms with Crippen LogP contribution in [0.2, 0.25) is 0 Å². The van der Waals surface area contributed by atoms with Crippen LogP contribution in [-0.2, 0) is 0 Å². The maximum Gasteiger partial charge on any atom is 0.321 e. The summed E-state index contributed by atoms with van der Waals surface area (Å²) >= 11 is 0. The summed E-state index contributed by atoms with van der Waals surface area (Å²) in [4.78, 5) is 22.7. The Hall–Kier alpha value is -3.63. The van der Waals surface area contributed by atoms with Crippen molar-refractivity contribution in [3.8, 4) is 23.0 Å². The molecule has 2 fully saturated rings. The van der Waals surface area contributed by atoms with Gasteiger partial charge in [-0.15, -0.1) is 0 Å². The van der Waals surface area contributed by atoms with Crippen molar-refractivity contribution in [1.29, 1.82) is 0 Å². The van der Waals surface area contributed by atoms with Gasteiger partial charge in [-0.2, -0.15) is 5.10 Å². The second kappa shape index (κ2) is 9.79. The number of ether oxygens (including phenoxy) is 1. The number of piperazine rings is 1. The molecule has 0 unspecified atom stereocenters. The number of rotatable bonds is 5. The van der Waals surface area contributed by atoms with Crippen LogP contribution in [0.25, 0.3) is 22.3 Å². The van der Waals surface area contributed by atoms with E-state index in [0.29, 0.717) is 23.3 Å². The monoisotopic (exact) mass is 485 g/mol. The number of hydrogen-bond acceptors (Lipinski definition) is 9. The second-order valence-corrected chi connectivity index (χ2v) is 9.72. The van der Waals surface area contributed by atoms with Gasteiger partial charge in [-0.25, -0.2) is 24.6 Å². The quantitative estimate of drug-likeness (QED) is 0.455. The van der Waals surface area contributed by atoms with Crippen molar-refractivity contribution in [2.45, 2.75) is 37.8 Å². The third-order valence-electron chi connectivity index (χ3n) is 7.44. The minimum atomic E-state index is 0.278. The number of fused-ring (bicyclic) bond motifs is 1. The largest absolute Gasteiger partial charge is 0.424 e. The fourth-order valence-electron chi connectivity index (χ4n) is 5.39. The number of aromatic nitrogens is 6. The first kappa shape index (κ1) is 22.8. The van der Waals surface area contributed by atoms with E-state index in [1.165, 1.54) is 19.2 Å². The number of nitrogens with two attached hydrogens (primary N) is 1. The van der Waals surface area contributed by atoms with Crippen LogP contribution in [0.1, 0.15) is 31.7 Å². The number of benzene rings is 1. The normalized spacial score (nSPS) is 21.6. The number of hydrogen-bond donors (Lipinski definition) is 1. The van der Waals surface area contributed by atoms with Crippen LogP contribution in [0.3, 0.4) is 0 Å². The highest BCUT2D eigenvalue weighted by Crippen LogP contribution is 2.37. The minimum Gasteiger partial charge on any atom is -0.424 e. The molecule has 10 nitrogen and oxygen atoms in total. The van der Waals surface area contributed by atoms with E-state index in [-0.39, 0.29) is 12.1 Å². The molecule has 0 amide bonds. The lowest BCUT2D eigenvalue weighted by molar-refractivity contribution is 0.0815. The summed E-state index contributed by atoms with van der Waals surface area (Å²) in [5.41, 5.74) is 8.55. The SMILES string of the molecule is CN1CCN(C2CCC(n3nc(-c4cnc(Oc5ccccc5)nc4)c4c(N)ncnc43)CC2)CC1. The molecule has 0 spiro atoms. The van der Waals surface area contributed by atoms with Gasteiger partial charge >= 0.3 is 6.01 Å². The van der Waals surface area contributed by atoms with Crippen molar-refractivity contribution < 1.29 is 4.74 Å². The molecule has 1 aromatic carbocycles. The molecule has 0 radical (unpaired) electrons. The second-order valence-electron chi connectivity index (χ2n) is 9.72. The first-order valence-corrected chi connectivity index (χ1v) is 12.6.